The van der Waals surface area contributed by atoms with Gasteiger partial charge in [0.05, 0.1) is 37.1 Å². The van der Waals surface area contributed by atoms with Gasteiger partial charge in [-0.2, -0.15) is 8.42 Å². The van der Waals surface area contributed by atoms with Gasteiger partial charge in [0.25, 0.3) is 0 Å². The molecule has 45 heavy (non-hydrogen) atoms. The van der Waals surface area contributed by atoms with Crippen molar-refractivity contribution >= 4 is 10.4 Å². The zero-order valence-corrected chi connectivity index (χ0v) is 27.9. The summed E-state index contributed by atoms with van der Waals surface area (Å²) in [6, 6.07) is 0. The van der Waals surface area contributed by atoms with E-state index in [1.165, 1.54) is 0 Å². The molecular weight excluding hydrogens is 608 g/mol. The maximum absolute atomic E-state index is 12.2. The topological polar surface area (TPSA) is 203 Å². The first-order valence-electron chi connectivity index (χ1n) is 16.9. The average molecular weight is 665 g/mol. The predicted molar refractivity (Wildman–Crippen MR) is 162 cm³/mol. The van der Waals surface area contributed by atoms with Gasteiger partial charge in [-0.1, -0.05) is 40.5 Å². The number of fused-ring (bicyclic) bond motifs is 5. The molecule has 0 aromatic heterocycles. The number of ether oxygens (including phenoxy) is 2. The van der Waals surface area contributed by atoms with E-state index in [0.717, 1.165) is 32.1 Å². The fraction of sp³-hybridized carbons (Fsp3) is 1.00. The summed E-state index contributed by atoms with van der Waals surface area (Å²) in [5, 5.41) is 65.7. The minimum Gasteiger partial charge on any atom is -0.393 e. The summed E-state index contributed by atoms with van der Waals surface area (Å²) >= 11 is 0. The third-order valence-electron chi connectivity index (χ3n) is 13.2. The van der Waals surface area contributed by atoms with Crippen LogP contribution in [0.25, 0.3) is 0 Å². The molecule has 4 saturated carbocycles. The lowest BCUT2D eigenvalue weighted by molar-refractivity contribution is -0.311. The highest BCUT2D eigenvalue weighted by Gasteiger charge is 2.69. The third kappa shape index (κ3) is 6.62. The fourth-order valence-electron chi connectivity index (χ4n) is 10.7. The van der Waals surface area contributed by atoms with Crippen molar-refractivity contribution in [2.24, 2.45) is 46.3 Å². The normalized spacial score (nSPS) is 49.9. The molecule has 12 nitrogen and oxygen atoms in total. The first-order chi connectivity index (χ1) is 20.9. The van der Waals surface area contributed by atoms with Crippen molar-refractivity contribution in [1.82, 2.24) is 0 Å². The molecule has 0 aromatic carbocycles. The van der Waals surface area contributed by atoms with Crippen LogP contribution < -0.4 is 0 Å². The molecule has 1 heterocycles. The number of aliphatic hydroxyl groups is 6. The Morgan fingerprint density at radius 3 is 2.36 bits per heavy atom. The highest BCUT2D eigenvalue weighted by atomic mass is 32.3. The molecule has 5 rings (SSSR count). The van der Waals surface area contributed by atoms with Crippen molar-refractivity contribution in [2.45, 2.75) is 140 Å². The maximum Gasteiger partial charge on any atom is 0.397 e. The van der Waals surface area contributed by atoms with Crippen LogP contribution in [0.4, 0.5) is 0 Å². The van der Waals surface area contributed by atoms with Crippen molar-refractivity contribution in [3.05, 3.63) is 0 Å². The molecule has 1 saturated heterocycles. The summed E-state index contributed by atoms with van der Waals surface area (Å²) in [7, 11) is -4.44. The maximum atomic E-state index is 12.2. The molecule has 0 spiro atoms. The third-order valence-corrected chi connectivity index (χ3v) is 13.6. The summed E-state index contributed by atoms with van der Waals surface area (Å²) < 4.78 is 46.6. The molecule has 16 atom stereocenters. The van der Waals surface area contributed by atoms with Crippen molar-refractivity contribution in [3.8, 4) is 0 Å². The average Bonchev–Trinajstić information content (AvgIpc) is 3.24. The molecular formula is C32H56O12S. The van der Waals surface area contributed by atoms with Gasteiger partial charge >= 0.3 is 10.4 Å². The summed E-state index contributed by atoms with van der Waals surface area (Å²) in [5.41, 5.74) is -2.12. The summed E-state index contributed by atoms with van der Waals surface area (Å²) in [5.74, 6) is 0.808. The van der Waals surface area contributed by atoms with Gasteiger partial charge in [-0.3, -0.25) is 4.55 Å². The van der Waals surface area contributed by atoms with Crippen LogP contribution in [0.3, 0.4) is 0 Å². The van der Waals surface area contributed by atoms with Crippen LogP contribution in [0.5, 0.6) is 0 Å². The van der Waals surface area contributed by atoms with Gasteiger partial charge in [-0.15, -0.1) is 0 Å². The van der Waals surface area contributed by atoms with E-state index in [0.29, 0.717) is 37.5 Å². The highest BCUT2D eigenvalue weighted by molar-refractivity contribution is 7.80. The summed E-state index contributed by atoms with van der Waals surface area (Å²) in [6.07, 6.45) is -0.339. The number of aliphatic hydroxyl groups excluding tert-OH is 5. The van der Waals surface area contributed by atoms with E-state index >= 15 is 0 Å². The molecule has 5 fully saturated rings. The molecule has 1 aliphatic heterocycles. The van der Waals surface area contributed by atoms with E-state index < -0.39 is 64.3 Å². The molecule has 4 aliphatic carbocycles. The van der Waals surface area contributed by atoms with Gasteiger partial charge in [0.2, 0.25) is 0 Å². The SMILES string of the molecule is CC(CCCC(C)C1CC(O)C2C3CC(O)C4(O)CC(OC5OCC(O)C(O)C5O)CCC4(C)C3CCC12C)COS(=O)(=O)O. The standard InChI is InChI=1S/C32H56O12S/c1-17(15-43-45(39,40)41)6-5-7-18(2)22-13-23(33)26-20-12-25(35)32(38)14-19(44-29-28(37)27(36)24(34)16-42-29)8-11-31(32,4)21(20)9-10-30(22,26)3/h17-29,33-38H,5-16H2,1-4H3,(H,39,40,41). The van der Waals surface area contributed by atoms with Gasteiger partial charge < -0.3 is 40.1 Å². The van der Waals surface area contributed by atoms with E-state index in [4.69, 9.17) is 14.0 Å². The number of hydrogen-bond donors (Lipinski definition) is 7. The Labute approximate surface area is 267 Å². The van der Waals surface area contributed by atoms with Gasteiger partial charge in [0.1, 0.15) is 18.3 Å². The Hall–Kier alpha value is -0.450. The van der Waals surface area contributed by atoms with E-state index in [-0.39, 0.29) is 48.7 Å². The molecule has 0 bridgehead atoms. The van der Waals surface area contributed by atoms with E-state index in [9.17, 15) is 39.1 Å². The lowest BCUT2D eigenvalue weighted by Crippen LogP contribution is -2.69. The van der Waals surface area contributed by atoms with Crippen LogP contribution in [-0.4, -0.2) is 105 Å². The zero-order valence-electron chi connectivity index (χ0n) is 27.1. The van der Waals surface area contributed by atoms with E-state index in [2.05, 4.69) is 25.0 Å². The molecule has 0 radical (unpaired) electrons. The molecule has 0 aromatic rings. The van der Waals surface area contributed by atoms with Crippen LogP contribution in [0.1, 0.15) is 91.9 Å². The van der Waals surface area contributed by atoms with Crippen LogP contribution in [0.2, 0.25) is 0 Å². The van der Waals surface area contributed by atoms with E-state index in [1.54, 1.807) is 0 Å². The van der Waals surface area contributed by atoms with Gasteiger partial charge in [-0.05, 0) is 85.9 Å². The van der Waals surface area contributed by atoms with Gasteiger partial charge in [0, 0.05) is 11.8 Å². The Morgan fingerprint density at radius 2 is 1.67 bits per heavy atom. The van der Waals surface area contributed by atoms with Crippen molar-refractivity contribution in [1.29, 1.82) is 0 Å². The van der Waals surface area contributed by atoms with Crippen molar-refractivity contribution in [3.63, 3.8) is 0 Å². The second-order valence-corrected chi connectivity index (χ2v) is 16.9. The Balaban J connectivity index is 1.24. The largest absolute Gasteiger partial charge is 0.397 e. The number of hydrogen-bond acceptors (Lipinski definition) is 11. The molecule has 13 heteroatoms. The zero-order chi connectivity index (χ0) is 33.1. The smallest absolute Gasteiger partial charge is 0.393 e. The summed E-state index contributed by atoms with van der Waals surface area (Å²) in [6.45, 7) is 8.28. The van der Waals surface area contributed by atoms with Crippen LogP contribution in [0.15, 0.2) is 0 Å². The molecule has 0 amide bonds. The van der Waals surface area contributed by atoms with Crippen molar-refractivity contribution in [2.75, 3.05) is 13.2 Å². The predicted octanol–water partition coefficient (Wildman–Crippen LogP) is 1.79. The molecule has 7 N–H and O–H groups in total. The minimum absolute atomic E-state index is 0.00878. The molecule has 262 valence electrons. The van der Waals surface area contributed by atoms with Gasteiger partial charge in [0.15, 0.2) is 6.29 Å². The lowest BCUT2D eigenvalue weighted by atomic mass is 9.42. The van der Waals surface area contributed by atoms with E-state index in [1.807, 2.05) is 6.92 Å². The number of rotatable bonds is 10. The van der Waals surface area contributed by atoms with Crippen LogP contribution in [0, 0.1) is 46.3 Å². The monoisotopic (exact) mass is 664 g/mol. The second-order valence-electron chi connectivity index (χ2n) is 15.8. The molecule has 5 aliphatic rings. The fourth-order valence-corrected chi connectivity index (χ4v) is 11.1. The first-order valence-corrected chi connectivity index (χ1v) is 18.3. The van der Waals surface area contributed by atoms with Crippen LogP contribution >= 0.6 is 0 Å². The van der Waals surface area contributed by atoms with Crippen molar-refractivity contribution < 1.29 is 57.3 Å². The second kappa shape index (κ2) is 13.1. The summed E-state index contributed by atoms with van der Waals surface area (Å²) in [4.78, 5) is 0. The highest BCUT2D eigenvalue weighted by Crippen LogP contribution is 2.69. The quantitative estimate of drug-likeness (QED) is 0.132. The minimum atomic E-state index is -4.44. The van der Waals surface area contributed by atoms with Crippen LogP contribution in [-0.2, 0) is 24.1 Å². The van der Waals surface area contributed by atoms with Gasteiger partial charge in [-0.25, -0.2) is 4.18 Å². The Bertz CT molecular complexity index is 1140. The Morgan fingerprint density at radius 1 is 0.956 bits per heavy atom. The lowest BCUT2D eigenvalue weighted by Gasteiger charge is -2.65. The Kier molecular flexibility index (Phi) is 10.4. The first kappa shape index (κ1) is 35.8. The molecule has 16 unspecified atom stereocenters.